The van der Waals surface area contributed by atoms with Crippen LogP contribution in [0, 0.1) is 6.92 Å². The van der Waals surface area contributed by atoms with Crippen molar-refractivity contribution in [3.05, 3.63) is 89.3 Å². The van der Waals surface area contributed by atoms with Crippen LogP contribution in [0.4, 0.5) is 0 Å². The Bertz CT molecular complexity index is 892. The van der Waals surface area contributed by atoms with Gasteiger partial charge in [-0.15, -0.1) is 0 Å². The molecule has 0 atom stereocenters. The lowest BCUT2D eigenvalue weighted by Crippen LogP contribution is -2.20. The molecule has 24 heavy (non-hydrogen) atoms. The summed E-state index contributed by atoms with van der Waals surface area (Å²) in [6.45, 7) is 1.75. The van der Waals surface area contributed by atoms with E-state index in [2.05, 4.69) is 15.0 Å². The highest BCUT2D eigenvalue weighted by Crippen LogP contribution is 2.15. The standard InChI is InChI=1S/C19H15N3O2/c1-13-5-2-9-21-16(13)18(23)19(24)17-15(7-4-10-22-17)11-14-6-3-8-20-12-14/h2-10,12H,11H2,1H3. The number of Topliss-reactive ketones (excluding diaryl/α,β-unsaturated/α-hetero) is 2. The van der Waals surface area contributed by atoms with Crippen LogP contribution in [-0.4, -0.2) is 26.5 Å². The molecule has 0 aromatic carbocycles. The fourth-order valence-electron chi connectivity index (χ4n) is 2.45. The van der Waals surface area contributed by atoms with Gasteiger partial charge in [0.25, 0.3) is 11.6 Å². The summed E-state index contributed by atoms with van der Waals surface area (Å²) in [6, 6.07) is 10.8. The zero-order valence-corrected chi connectivity index (χ0v) is 13.1. The van der Waals surface area contributed by atoms with Crippen LogP contribution in [0.25, 0.3) is 0 Å². The molecule has 3 aromatic heterocycles. The molecule has 0 N–H and O–H groups in total. The summed E-state index contributed by atoms with van der Waals surface area (Å²) >= 11 is 0. The van der Waals surface area contributed by atoms with Gasteiger partial charge in [-0.3, -0.25) is 24.5 Å². The Morgan fingerprint density at radius 2 is 1.54 bits per heavy atom. The van der Waals surface area contributed by atoms with E-state index in [4.69, 9.17) is 0 Å². The molecule has 0 amide bonds. The van der Waals surface area contributed by atoms with Gasteiger partial charge in [0.1, 0.15) is 11.4 Å². The third kappa shape index (κ3) is 3.25. The molecule has 0 aliphatic heterocycles. The molecule has 0 unspecified atom stereocenters. The number of ketones is 2. The lowest BCUT2D eigenvalue weighted by Gasteiger charge is -2.08. The van der Waals surface area contributed by atoms with E-state index in [1.54, 1.807) is 43.6 Å². The van der Waals surface area contributed by atoms with E-state index in [1.807, 2.05) is 12.1 Å². The van der Waals surface area contributed by atoms with Crippen LogP contribution in [0.2, 0.25) is 0 Å². The van der Waals surface area contributed by atoms with Gasteiger partial charge < -0.3 is 0 Å². The third-order valence-corrected chi connectivity index (χ3v) is 3.65. The Morgan fingerprint density at radius 3 is 2.25 bits per heavy atom. The number of pyridine rings is 3. The van der Waals surface area contributed by atoms with Crippen molar-refractivity contribution in [2.45, 2.75) is 13.3 Å². The van der Waals surface area contributed by atoms with Gasteiger partial charge in [0.15, 0.2) is 0 Å². The summed E-state index contributed by atoms with van der Waals surface area (Å²) in [7, 11) is 0. The van der Waals surface area contributed by atoms with E-state index in [0.29, 0.717) is 17.5 Å². The van der Waals surface area contributed by atoms with E-state index in [-0.39, 0.29) is 11.4 Å². The van der Waals surface area contributed by atoms with Crippen LogP contribution in [-0.2, 0) is 6.42 Å². The van der Waals surface area contributed by atoms with Gasteiger partial charge in [-0.25, -0.2) is 0 Å². The Labute approximate surface area is 139 Å². The molecule has 5 heteroatoms. The lowest BCUT2D eigenvalue weighted by molar-refractivity contribution is 0.0810. The summed E-state index contributed by atoms with van der Waals surface area (Å²) in [4.78, 5) is 37.4. The van der Waals surface area contributed by atoms with Gasteiger partial charge in [-0.05, 0) is 41.8 Å². The van der Waals surface area contributed by atoms with Gasteiger partial charge in [0.2, 0.25) is 0 Å². The number of nitrogens with zero attached hydrogens (tertiary/aromatic N) is 3. The lowest BCUT2D eigenvalue weighted by atomic mass is 9.99. The van der Waals surface area contributed by atoms with Gasteiger partial charge in [-0.2, -0.15) is 0 Å². The molecule has 0 fully saturated rings. The minimum atomic E-state index is -0.642. The van der Waals surface area contributed by atoms with Crippen molar-refractivity contribution < 1.29 is 9.59 Å². The zero-order valence-electron chi connectivity index (χ0n) is 13.1. The molecule has 5 nitrogen and oxygen atoms in total. The maximum atomic E-state index is 12.6. The number of hydrogen-bond donors (Lipinski definition) is 0. The van der Waals surface area contributed by atoms with Gasteiger partial charge in [0, 0.05) is 31.2 Å². The molecule has 118 valence electrons. The number of rotatable bonds is 5. The smallest absolute Gasteiger partial charge is 0.253 e. The second kappa shape index (κ2) is 6.91. The highest BCUT2D eigenvalue weighted by Gasteiger charge is 2.24. The van der Waals surface area contributed by atoms with Crippen molar-refractivity contribution in [3.63, 3.8) is 0 Å². The Balaban J connectivity index is 1.93. The first-order chi connectivity index (χ1) is 11.7. The first-order valence-corrected chi connectivity index (χ1v) is 7.50. The number of hydrogen-bond acceptors (Lipinski definition) is 5. The molecular formula is C19H15N3O2. The Hall–Kier alpha value is -3.21. The minimum absolute atomic E-state index is 0.163. The second-order valence-electron chi connectivity index (χ2n) is 5.38. The fourth-order valence-corrected chi connectivity index (χ4v) is 2.45. The van der Waals surface area contributed by atoms with Crippen molar-refractivity contribution in [2.24, 2.45) is 0 Å². The number of aryl methyl sites for hydroxylation is 1. The fraction of sp³-hybridized carbons (Fsp3) is 0.105. The normalized spacial score (nSPS) is 10.4. The number of carbonyl (C=O) groups excluding carboxylic acids is 2. The highest BCUT2D eigenvalue weighted by molar-refractivity contribution is 6.48. The van der Waals surface area contributed by atoms with Gasteiger partial charge in [0.05, 0.1) is 0 Å². The Morgan fingerprint density at radius 1 is 0.875 bits per heavy atom. The maximum Gasteiger partial charge on any atom is 0.253 e. The summed E-state index contributed by atoms with van der Waals surface area (Å²) in [5.74, 6) is -1.28. The molecule has 0 bridgehead atoms. The molecule has 0 spiro atoms. The van der Waals surface area contributed by atoms with Crippen LogP contribution in [0.15, 0.2) is 61.2 Å². The van der Waals surface area contributed by atoms with Crippen molar-refractivity contribution in [3.8, 4) is 0 Å². The van der Waals surface area contributed by atoms with Crippen molar-refractivity contribution in [1.82, 2.24) is 15.0 Å². The SMILES string of the molecule is Cc1cccnc1C(=O)C(=O)c1ncccc1Cc1cccnc1. The average molecular weight is 317 g/mol. The van der Waals surface area contributed by atoms with Crippen molar-refractivity contribution in [1.29, 1.82) is 0 Å². The first-order valence-electron chi connectivity index (χ1n) is 7.50. The highest BCUT2D eigenvalue weighted by atomic mass is 16.2. The van der Waals surface area contributed by atoms with E-state index in [0.717, 1.165) is 5.56 Å². The van der Waals surface area contributed by atoms with Crippen LogP contribution in [0.3, 0.4) is 0 Å². The van der Waals surface area contributed by atoms with Crippen LogP contribution >= 0.6 is 0 Å². The molecule has 3 heterocycles. The summed E-state index contributed by atoms with van der Waals surface area (Å²) < 4.78 is 0. The number of carbonyl (C=O) groups is 2. The average Bonchev–Trinajstić information content (AvgIpc) is 2.62. The summed E-state index contributed by atoms with van der Waals surface area (Å²) in [5.41, 5.74) is 2.64. The van der Waals surface area contributed by atoms with E-state index < -0.39 is 11.6 Å². The molecule has 0 aliphatic carbocycles. The summed E-state index contributed by atoms with van der Waals surface area (Å²) in [5, 5.41) is 0. The van der Waals surface area contributed by atoms with Gasteiger partial charge in [-0.1, -0.05) is 18.2 Å². The Kier molecular flexibility index (Phi) is 4.52. The molecule has 0 radical (unpaired) electrons. The van der Waals surface area contributed by atoms with E-state index >= 15 is 0 Å². The monoisotopic (exact) mass is 317 g/mol. The second-order valence-corrected chi connectivity index (χ2v) is 5.38. The summed E-state index contributed by atoms with van der Waals surface area (Å²) in [6.07, 6.45) is 6.91. The predicted molar refractivity (Wildman–Crippen MR) is 88.9 cm³/mol. The van der Waals surface area contributed by atoms with Crippen LogP contribution in [0.5, 0.6) is 0 Å². The molecule has 3 aromatic rings. The molecular weight excluding hydrogens is 302 g/mol. The molecule has 0 saturated carbocycles. The maximum absolute atomic E-state index is 12.6. The van der Waals surface area contributed by atoms with Crippen molar-refractivity contribution in [2.75, 3.05) is 0 Å². The zero-order chi connectivity index (χ0) is 16.9. The molecule has 0 saturated heterocycles. The van der Waals surface area contributed by atoms with E-state index in [9.17, 15) is 9.59 Å². The quantitative estimate of drug-likeness (QED) is 0.534. The van der Waals surface area contributed by atoms with E-state index in [1.165, 1.54) is 12.4 Å². The molecule has 0 aliphatic rings. The predicted octanol–water partition coefficient (Wildman–Crippen LogP) is 2.84. The third-order valence-electron chi connectivity index (χ3n) is 3.65. The van der Waals surface area contributed by atoms with Gasteiger partial charge >= 0.3 is 0 Å². The number of aromatic nitrogens is 3. The van der Waals surface area contributed by atoms with Crippen LogP contribution in [0.1, 0.15) is 37.7 Å². The molecule has 3 rings (SSSR count). The minimum Gasteiger partial charge on any atom is -0.283 e. The van der Waals surface area contributed by atoms with Crippen molar-refractivity contribution >= 4 is 11.6 Å². The largest absolute Gasteiger partial charge is 0.283 e. The first kappa shape index (κ1) is 15.7. The van der Waals surface area contributed by atoms with Crippen LogP contribution < -0.4 is 0 Å². The topological polar surface area (TPSA) is 72.8 Å².